The summed E-state index contributed by atoms with van der Waals surface area (Å²) in [6.07, 6.45) is 0. The van der Waals surface area contributed by atoms with Gasteiger partial charge < -0.3 is 15.0 Å². The topological polar surface area (TPSA) is 126 Å². The second-order valence-corrected chi connectivity index (χ2v) is 10.2. The normalized spacial score (nSPS) is 13.6. The van der Waals surface area contributed by atoms with Crippen molar-refractivity contribution in [2.75, 3.05) is 0 Å². The first-order valence-electron chi connectivity index (χ1n) is 13.4. The van der Waals surface area contributed by atoms with Crippen LogP contribution in [-0.2, 0) is 4.79 Å². The molecule has 8 bridgehead atoms. The molecule has 2 aliphatic heterocycles. The first-order valence-corrected chi connectivity index (χ1v) is 13.4. The fourth-order valence-corrected chi connectivity index (χ4v) is 5.77. The highest BCUT2D eigenvalue weighted by atomic mass is 16.1. The number of aromatic amines is 3. The molecule has 42 heavy (non-hydrogen) atoms. The van der Waals surface area contributed by atoms with Crippen molar-refractivity contribution in [2.45, 2.75) is 0 Å². The molecule has 0 fully saturated rings. The van der Waals surface area contributed by atoms with E-state index in [1.54, 1.807) is 12.1 Å². The Bertz CT molecular complexity index is 2650. The van der Waals surface area contributed by atoms with Gasteiger partial charge in [-0.3, -0.25) is 0 Å². The van der Waals surface area contributed by atoms with E-state index in [4.69, 9.17) is 25.0 Å². The molecule has 0 saturated carbocycles. The van der Waals surface area contributed by atoms with Crippen LogP contribution >= 0.6 is 0 Å². The summed E-state index contributed by atoms with van der Waals surface area (Å²) in [6, 6.07) is 29.3. The van der Waals surface area contributed by atoms with Gasteiger partial charge in [0.1, 0.15) is 39.9 Å². The standard InChI is InChI=1S/C33H18N8O/c42-16-17-13-14-24-25(15-17)33-40-31-23-12-6-5-11-22(23)29(38-31)36-27-19-8-2-1-7-18(19)26(34-27)35-28-20-9-3-4-10-21(20)30(37-28)39-32(24)41-33/h1-15,34H,(H,35,37,39)(H,36,38,40,41). The highest BCUT2D eigenvalue weighted by Crippen LogP contribution is 2.35. The van der Waals surface area contributed by atoms with Gasteiger partial charge in [-0.25, -0.2) is 29.8 Å². The summed E-state index contributed by atoms with van der Waals surface area (Å²) >= 11 is 0. The minimum absolute atomic E-state index is 0.423. The lowest BCUT2D eigenvalue weighted by atomic mass is 10.1. The van der Waals surface area contributed by atoms with E-state index < -0.39 is 0 Å². The number of hydrogen-bond donors (Lipinski definition) is 3. The molecule has 9 heteroatoms. The second kappa shape index (κ2) is 8.41. The highest BCUT2D eigenvalue weighted by Gasteiger charge is 2.23. The Morgan fingerprint density at radius 2 is 0.976 bits per heavy atom. The minimum atomic E-state index is 0.423. The fraction of sp³-hybridized carbons (Fsp3) is 0. The van der Waals surface area contributed by atoms with Crippen molar-refractivity contribution in [1.29, 1.82) is 0 Å². The number of carbonyl (C=O) groups excluding carboxylic acids is 1. The molecule has 9 rings (SSSR count). The van der Waals surface area contributed by atoms with E-state index in [2.05, 4.69) is 15.0 Å². The van der Waals surface area contributed by atoms with Gasteiger partial charge in [0.25, 0.3) is 0 Å². The molecule has 9 nitrogen and oxygen atoms in total. The van der Waals surface area contributed by atoms with Crippen LogP contribution in [0, 0.1) is 0 Å². The van der Waals surface area contributed by atoms with Crippen molar-refractivity contribution in [2.24, 2.45) is 25.0 Å². The molecule has 2 aliphatic rings. The molecule has 5 heterocycles. The van der Waals surface area contributed by atoms with Crippen LogP contribution in [-0.4, -0.2) is 32.6 Å². The summed E-state index contributed by atoms with van der Waals surface area (Å²) in [6.45, 7) is 0. The average molecular weight is 543 g/mol. The Balaban J connectivity index is 1.48. The van der Waals surface area contributed by atoms with E-state index in [0.717, 1.165) is 43.4 Å². The highest BCUT2D eigenvalue weighted by molar-refractivity contribution is 6.23. The fourth-order valence-electron chi connectivity index (χ4n) is 5.77. The Kier molecular flexibility index (Phi) is 4.53. The average Bonchev–Trinajstić information content (AvgIpc) is 3.76. The van der Waals surface area contributed by atoms with Gasteiger partial charge in [-0.2, -0.15) is 0 Å². The molecular weight excluding hydrogens is 524 g/mol. The van der Waals surface area contributed by atoms with Crippen LogP contribution in [0.15, 0.2) is 116 Å². The van der Waals surface area contributed by atoms with Crippen molar-refractivity contribution in [3.63, 3.8) is 0 Å². The number of H-pyrrole nitrogens is 3. The second-order valence-electron chi connectivity index (χ2n) is 10.2. The van der Waals surface area contributed by atoms with Gasteiger partial charge in [-0.05, 0) is 18.2 Å². The van der Waals surface area contributed by atoms with Gasteiger partial charge in [0.05, 0.1) is 5.22 Å². The maximum atomic E-state index is 11.6. The molecule has 3 aromatic heterocycles. The molecular formula is C33H18N8O. The van der Waals surface area contributed by atoms with Crippen molar-refractivity contribution in [3.8, 4) is 0 Å². The van der Waals surface area contributed by atoms with Crippen LogP contribution in [0.5, 0.6) is 0 Å². The monoisotopic (exact) mass is 542 g/mol. The van der Waals surface area contributed by atoms with E-state index in [-0.39, 0.29) is 0 Å². The number of rotatable bonds is 0. The quantitative estimate of drug-likeness (QED) is 0.263. The third kappa shape index (κ3) is 3.25. The SMILES string of the molecule is O=C=c1ccc2c3[nH]c(c2c1)=NC1=NC(=Nc2[nH]c(c4ccccc24)N=c2[nH]c(c4ccccc24)=N3)c2ccccc21. The largest absolute Gasteiger partial charge is 0.324 e. The van der Waals surface area contributed by atoms with Crippen LogP contribution in [0.25, 0.3) is 32.3 Å². The predicted octanol–water partition coefficient (Wildman–Crippen LogP) is 4.01. The first kappa shape index (κ1) is 22.6. The lowest BCUT2D eigenvalue weighted by Crippen LogP contribution is -2.11. The Morgan fingerprint density at radius 1 is 0.452 bits per heavy atom. The number of hydrogen-bond acceptors (Lipinski definition) is 6. The maximum absolute atomic E-state index is 11.6. The van der Waals surface area contributed by atoms with Crippen LogP contribution < -0.4 is 21.7 Å². The van der Waals surface area contributed by atoms with Crippen LogP contribution in [0.2, 0.25) is 0 Å². The van der Waals surface area contributed by atoms with E-state index in [1.165, 1.54) is 0 Å². The molecule has 7 aromatic rings. The zero-order valence-corrected chi connectivity index (χ0v) is 21.8. The predicted molar refractivity (Wildman–Crippen MR) is 161 cm³/mol. The van der Waals surface area contributed by atoms with E-state index in [9.17, 15) is 4.79 Å². The third-order valence-corrected chi connectivity index (χ3v) is 7.74. The number of aromatic nitrogens is 3. The van der Waals surface area contributed by atoms with Crippen molar-refractivity contribution >= 4 is 67.4 Å². The van der Waals surface area contributed by atoms with E-state index in [0.29, 0.717) is 50.8 Å². The summed E-state index contributed by atoms with van der Waals surface area (Å²) in [5, 5.41) is 5.72. The number of benzene rings is 4. The smallest absolute Gasteiger partial charge is 0.164 e. The summed E-state index contributed by atoms with van der Waals surface area (Å²) in [7, 11) is 0. The summed E-state index contributed by atoms with van der Waals surface area (Å²) in [5.74, 6) is 4.99. The number of nitrogens with one attached hydrogen (secondary N) is 3. The van der Waals surface area contributed by atoms with Gasteiger partial charge in [0.15, 0.2) is 11.7 Å². The van der Waals surface area contributed by atoms with E-state index in [1.807, 2.05) is 84.8 Å². The lowest BCUT2D eigenvalue weighted by Gasteiger charge is -1.98. The number of nitrogens with zero attached hydrogens (tertiary/aromatic N) is 5. The van der Waals surface area contributed by atoms with Crippen molar-refractivity contribution < 1.29 is 4.79 Å². The van der Waals surface area contributed by atoms with Gasteiger partial charge in [0, 0.05) is 43.4 Å². The molecule has 0 unspecified atom stereocenters. The number of aliphatic imine (C=N–C) groups is 2. The minimum Gasteiger partial charge on any atom is -0.324 e. The summed E-state index contributed by atoms with van der Waals surface area (Å²) in [5.41, 5.74) is 3.60. The van der Waals surface area contributed by atoms with E-state index >= 15 is 0 Å². The Labute approximate surface area is 235 Å². The van der Waals surface area contributed by atoms with Crippen molar-refractivity contribution in [1.82, 2.24) is 15.0 Å². The lowest BCUT2D eigenvalue weighted by molar-refractivity contribution is 0.567. The van der Waals surface area contributed by atoms with Gasteiger partial charge in [-0.1, -0.05) is 72.8 Å². The Hall–Kier alpha value is -6.18. The zero-order chi connectivity index (χ0) is 27.8. The number of amidine groups is 2. The van der Waals surface area contributed by atoms with Gasteiger partial charge in [0.2, 0.25) is 0 Å². The van der Waals surface area contributed by atoms with Crippen LogP contribution in [0.1, 0.15) is 11.1 Å². The van der Waals surface area contributed by atoms with Gasteiger partial charge >= 0.3 is 0 Å². The number of fused-ring (bicyclic) bond motifs is 19. The summed E-state index contributed by atoms with van der Waals surface area (Å²) in [4.78, 5) is 46.8. The Morgan fingerprint density at radius 3 is 1.64 bits per heavy atom. The first-order chi connectivity index (χ1) is 20.7. The van der Waals surface area contributed by atoms with Gasteiger partial charge in [-0.15, -0.1) is 0 Å². The maximum Gasteiger partial charge on any atom is 0.164 e. The molecule has 0 aliphatic carbocycles. The summed E-state index contributed by atoms with van der Waals surface area (Å²) < 4.78 is 0. The molecule has 196 valence electrons. The van der Waals surface area contributed by atoms with Crippen molar-refractivity contribution in [3.05, 3.63) is 124 Å². The molecule has 3 N–H and O–H groups in total. The third-order valence-electron chi connectivity index (χ3n) is 7.74. The van der Waals surface area contributed by atoms with Crippen LogP contribution in [0.3, 0.4) is 0 Å². The molecule has 0 spiro atoms. The van der Waals surface area contributed by atoms with Crippen LogP contribution in [0.4, 0.5) is 17.5 Å². The molecule has 0 saturated heterocycles. The molecule has 0 amide bonds. The molecule has 0 atom stereocenters. The zero-order valence-electron chi connectivity index (χ0n) is 21.8. The molecule has 4 aromatic carbocycles. The molecule has 0 radical (unpaired) electrons.